The zero-order chi connectivity index (χ0) is 19.2. The molecule has 3 nitrogen and oxygen atoms in total. The van der Waals surface area contributed by atoms with Crippen molar-refractivity contribution in [2.24, 2.45) is 0 Å². The Labute approximate surface area is 167 Å². The number of benzene rings is 3. The molecule has 1 amide bonds. The van der Waals surface area contributed by atoms with Crippen LogP contribution in [0.15, 0.2) is 91.0 Å². The molecule has 1 heterocycles. The van der Waals surface area contributed by atoms with Crippen molar-refractivity contribution >= 4 is 11.6 Å². The number of hydrogen-bond donors (Lipinski definition) is 1. The summed E-state index contributed by atoms with van der Waals surface area (Å²) in [4.78, 5) is 15.6. The van der Waals surface area contributed by atoms with Crippen molar-refractivity contribution in [3.8, 4) is 0 Å². The number of anilines is 1. The van der Waals surface area contributed by atoms with Crippen LogP contribution >= 0.6 is 0 Å². The third-order valence-electron chi connectivity index (χ3n) is 5.49. The number of rotatable bonds is 5. The summed E-state index contributed by atoms with van der Waals surface area (Å²) in [7, 11) is 0. The summed E-state index contributed by atoms with van der Waals surface area (Å²) < 4.78 is 0. The molecular formula is C25H26N2O. The maximum Gasteiger partial charge on any atom is 0.232 e. The quantitative estimate of drug-likeness (QED) is 0.712. The van der Waals surface area contributed by atoms with Crippen molar-refractivity contribution in [3.63, 3.8) is 0 Å². The molecule has 1 saturated heterocycles. The molecule has 0 radical (unpaired) electrons. The lowest BCUT2D eigenvalue weighted by Gasteiger charge is -2.34. The number of carbonyl (C=O) groups excluding carboxylic acids is 1. The van der Waals surface area contributed by atoms with Crippen LogP contribution in [0.3, 0.4) is 0 Å². The molecule has 0 atom stereocenters. The van der Waals surface area contributed by atoms with E-state index in [9.17, 15) is 4.79 Å². The van der Waals surface area contributed by atoms with Crippen LogP contribution in [-0.2, 0) is 4.79 Å². The molecule has 0 bridgehead atoms. The summed E-state index contributed by atoms with van der Waals surface area (Å²) in [6.07, 6.45) is 1.94. The number of nitrogens with one attached hydrogen (secondary N) is 1. The van der Waals surface area contributed by atoms with E-state index in [1.807, 2.05) is 66.7 Å². The highest BCUT2D eigenvalue weighted by Gasteiger charge is 2.27. The maximum atomic E-state index is 13.2. The highest BCUT2D eigenvalue weighted by atomic mass is 16.1. The van der Waals surface area contributed by atoms with E-state index in [4.69, 9.17) is 0 Å². The van der Waals surface area contributed by atoms with Crippen LogP contribution in [-0.4, -0.2) is 25.0 Å². The molecule has 3 aromatic rings. The molecule has 0 saturated carbocycles. The first-order valence-corrected chi connectivity index (χ1v) is 10.0. The largest absolute Gasteiger partial charge is 0.371 e. The number of hydrogen-bond acceptors (Lipinski definition) is 2. The van der Waals surface area contributed by atoms with E-state index < -0.39 is 0 Å². The minimum absolute atomic E-state index is 0.0931. The SMILES string of the molecule is O=C(NC1CCN(c2ccccc2)CC1)C(c1ccccc1)c1ccccc1. The van der Waals surface area contributed by atoms with Crippen molar-refractivity contribution in [1.82, 2.24) is 5.32 Å². The number of piperidine rings is 1. The zero-order valence-corrected chi connectivity index (χ0v) is 16.0. The average molecular weight is 370 g/mol. The normalized spacial score (nSPS) is 14.8. The molecule has 4 rings (SSSR count). The summed E-state index contributed by atoms with van der Waals surface area (Å²) in [6.45, 7) is 1.94. The van der Waals surface area contributed by atoms with Gasteiger partial charge in [-0.25, -0.2) is 0 Å². The second-order valence-corrected chi connectivity index (χ2v) is 7.36. The monoisotopic (exact) mass is 370 g/mol. The van der Waals surface area contributed by atoms with Gasteiger partial charge in [0, 0.05) is 24.8 Å². The molecule has 28 heavy (non-hydrogen) atoms. The van der Waals surface area contributed by atoms with Crippen LogP contribution in [0.5, 0.6) is 0 Å². The van der Waals surface area contributed by atoms with Gasteiger partial charge in [-0.1, -0.05) is 78.9 Å². The first-order chi connectivity index (χ1) is 13.8. The van der Waals surface area contributed by atoms with Crippen LogP contribution < -0.4 is 10.2 Å². The number of carbonyl (C=O) groups is 1. The van der Waals surface area contributed by atoms with E-state index in [2.05, 4.69) is 34.5 Å². The van der Waals surface area contributed by atoms with Gasteiger partial charge in [-0.2, -0.15) is 0 Å². The number of para-hydroxylation sites is 1. The number of nitrogens with zero attached hydrogens (tertiary/aromatic N) is 1. The van der Waals surface area contributed by atoms with Crippen molar-refractivity contribution in [2.45, 2.75) is 24.8 Å². The summed E-state index contributed by atoms with van der Waals surface area (Å²) in [5.74, 6) is -0.176. The van der Waals surface area contributed by atoms with E-state index in [0.717, 1.165) is 37.1 Å². The molecule has 3 aromatic carbocycles. The first-order valence-electron chi connectivity index (χ1n) is 10.0. The predicted octanol–water partition coefficient (Wildman–Crippen LogP) is 4.60. The Morgan fingerprint density at radius 3 is 1.71 bits per heavy atom. The number of amides is 1. The van der Waals surface area contributed by atoms with E-state index >= 15 is 0 Å². The smallest absolute Gasteiger partial charge is 0.232 e. The topological polar surface area (TPSA) is 32.3 Å². The van der Waals surface area contributed by atoms with Crippen LogP contribution in [0, 0.1) is 0 Å². The highest BCUT2D eigenvalue weighted by Crippen LogP contribution is 2.26. The summed E-state index contributed by atoms with van der Waals surface area (Å²) in [6, 6.07) is 30.8. The van der Waals surface area contributed by atoms with Crippen LogP contribution in [0.2, 0.25) is 0 Å². The molecular weight excluding hydrogens is 344 g/mol. The van der Waals surface area contributed by atoms with E-state index in [0.29, 0.717) is 0 Å². The summed E-state index contributed by atoms with van der Waals surface area (Å²) in [5.41, 5.74) is 3.33. The van der Waals surface area contributed by atoms with Gasteiger partial charge in [-0.15, -0.1) is 0 Å². The zero-order valence-electron chi connectivity index (χ0n) is 16.0. The van der Waals surface area contributed by atoms with Gasteiger partial charge in [-0.05, 0) is 36.1 Å². The van der Waals surface area contributed by atoms with Gasteiger partial charge in [-0.3, -0.25) is 4.79 Å². The van der Waals surface area contributed by atoms with Crippen LogP contribution in [0.1, 0.15) is 29.9 Å². The van der Waals surface area contributed by atoms with Gasteiger partial charge < -0.3 is 10.2 Å². The minimum atomic E-state index is -0.269. The van der Waals surface area contributed by atoms with Crippen molar-refractivity contribution in [2.75, 3.05) is 18.0 Å². The Morgan fingerprint density at radius 1 is 0.750 bits per heavy atom. The van der Waals surface area contributed by atoms with Crippen molar-refractivity contribution in [3.05, 3.63) is 102 Å². The van der Waals surface area contributed by atoms with Gasteiger partial charge in [0.25, 0.3) is 0 Å². The predicted molar refractivity (Wildman–Crippen MR) is 115 cm³/mol. The Bertz CT molecular complexity index is 833. The second-order valence-electron chi connectivity index (χ2n) is 7.36. The highest BCUT2D eigenvalue weighted by molar-refractivity contribution is 5.87. The summed E-state index contributed by atoms with van der Waals surface area (Å²) >= 11 is 0. The Kier molecular flexibility index (Phi) is 5.72. The lowest BCUT2D eigenvalue weighted by atomic mass is 9.90. The van der Waals surface area contributed by atoms with Crippen LogP contribution in [0.4, 0.5) is 5.69 Å². The van der Waals surface area contributed by atoms with Crippen molar-refractivity contribution < 1.29 is 4.79 Å². The Hall–Kier alpha value is -3.07. The molecule has 142 valence electrons. The standard InChI is InChI=1S/C25H26N2O/c28-25(24(20-10-4-1-5-11-20)21-12-6-2-7-13-21)26-22-16-18-27(19-17-22)23-14-8-3-9-15-23/h1-15,22,24H,16-19H2,(H,26,28). The lowest BCUT2D eigenvalue weighted by molar-refractivity contribution is -0.122. The fourth-order valence-electron chi connectivity index (χ4n) is 3.99. The van der Waals surface area contributed by atoms with Crippen LogP contribution in [0.25, 0.3) is 0 Å². The molecule has 1 aliphatic rings. The second kappa shape index (κ2) is 8.75. The van der Waals surface area contributed by atoms with Crippen molar-refractivity contribution in [1.29, 1.82) is 0 Å². The van der Waals surface area contributed by atoms with E-state index in [1.54, 1.807) is 0 Å². The summed E-state index contributed by atoms with van der Waals surface area (Å²) in [5, 5.41) is 3.32. The first kappa shape index (κ1) is 18.3. The molecule has 3 heteroatoms. The molecule has 0 spiro atoms. The minimum Gasteiger partial charge on any atom is -0.371 e. The van der Waals surface area contributed by atoms with E-state index in [-0.39, 0.29) is 17.9 Å². The molecule has 0 aliphatic carbocycles. The molecule has 1 aliphatic heterocycles. The molecule has 0 unspecified atom stereocenters. The fourth-order valence-corrected chi connectivity index (χ4v) is 3.99. The molecule has 1 N–H and O–H groups in total. The molecule has 0 aromatic heterocycles. The average Bonchev–Trinajstić information content (AvgIpc) is 2.77. The van der Waals surface area contributed by atoms with Gasteiger partial charge in [0.15, 0.2) is 0 Å². The lowest BCUT2D eigenvalue weighted by Crippen LogP contribution is -2.46. The third-order valence-corrected chi connectivity index (χ3v) is 5.49. The fraction of sp³-hybridized carbons (Fsp3) is 0.240. The molecule has 1 fully saturated rings. The maximum absolute atomic E-state index is 13.2. The van der Waals surface area contributed by atoms with Gasteiger partial charge in [0.2, 0.25) is 5.91 Å². The van der Waals surface area contributed by atoms with E-state index in [1.165, 1.54) is 5.69 Å². The van der Waals surface area contributed by atoms with Gasteiger partial charge >= 0.3 is 0 Å². The van der Waals surface area contributed by atoms with Gasteiger partial charge in [0.1, 0.15) is 0 Å². The van der Waals surface area contributed by atoms with Gasteiger partial charge in [0.05, 0.1) is 5.92 Å². The Balaban J connectivity index is 1.44. The third kappa shape index (κ3) is 4.25. The Morgan fingerprint density at radius 2 is 1.21 bits per heavy atom.